The third-order valence-electron chi connectivity index (χ3n) is 3.88. The van der Waals surface area contributed by atoms with Gasteiger partial charge in [-0.05, 0) is 51.3 Å². The molecule has 0 atom stereocenters. The van der Waals surface area contributed by atoms with Gasteiger partial charge in [-0.3, -0.25) is 4.90 Å². The number of aliphatic hydroxyl groups excluding tert-OH is 1. The molecule has 0 aromatic heterocycles. The standard InChI is InChI=1S/C19H30N2O4/c1-19(2,3)25-18(23)21-10-8-15-6-4-7-16(17(15)21)14-20-9-5-12-24-13-11-22/h4,6-7,20,22H,5,8-14H2,1-3H3. The molecule has 1 aromatic rings. The molecule has 1 aliphatic heterocycles. The Kier molecular flexibility index (Phi) is 7.23. The van der Waals surface area contributed by atoms with Crippen LogP contribution in [0.1, 0.15) is 38.3 Å². The maximum absolute atomic E-state index is 12.5. The van der Waals surface area contributed by atoms with E-state index >= 15 is 0 Å². The minimum absolute atomic E-state index is 0.0596. The number of para-hydroxylation sites is 1. The van der Waals surface area contributed by atoms with E-state index in [1.807, 2.05) is 26.8 Å². The van der Waals surface area contributed by atoms with Crippen LogP contribution >= 0.6 is 0 Å². The highest BCUT2D eigenvalue weighted by atomic mass is 16.6. The fourth-order valence-electron chi connectivity index (χ4n) is 2.87. The Morgan fingerprint density at radius 3 is 2.84 bits per heavy atom. The lowest BCUT2D eigenvalue weighted by Gasteiger charge is -2.26. The number of nitrogens with zero attached hydrogens (tertiary/aromatic N) is 1. The molecule has 25 heavy (non-hydrogen) atoms. The van der Waals surface area contributed by atoms with E-state index in [9.17, 15) is 4.79 Å². The molecule has 1 heterocycles. The molecule has 6 nitrogen and oxygen atoms in total. The molecule has 0 radical (unpaired) electrons. The van der Waals surface area contributed by atoms with Crippen LogP contribution < -0.4 is 10.2 Å². The summed E-state index contributed by atoms with van der Waals surface area (Å²) in [4.78, 5) is 14.3. The van der Waals surface area contributed by atoms with Crippen LogP contribution in [0.15, 0.2) is 18.2 Å². The zero-order valence-electron chi connectivity index (χ0n) is 15.5. The first-order chi connectivity index (χ1) is 11.9. The third-order valence-corrected chi connectivity index (χ3v) is 3.88. The number of hydrogen-bond acceptors (Lipinski definition) is 5. The molecule has 0 spiro atoms. The first kappa shape index (κ1) is 19.7. The van der Waals surface area contributed by atoms with Crippen LogP contribution in [0.25, 0.3) is 0 Å². The second-order valence-electron chi connectivity index (χ2n) is 7.17. The molecule has 0 saturated carbocycles. The molecule has 2 N–H and O–H groups in total. The van der Waals surface area contributed by atoms with Gasteiger partial charge in [0.15, 0.2) is 0 Å². The summed E-state index contributed by atoms with van der Waals surface area (Å²) < 4.78 is 10.8. The number of ether oxygens (including phenoxy) is 2. The van der Waals surface area contributed by atoms with E-state index < -0.39 is 5.60 Å². The number of aliphatic hydroxyl groups is 1. The van der Waals surface area contributed by atoms with Crippen molar-refractivity contribution in [3.05, 3.63) is 29.3 Å². The maximum Gasteiger partial charge on any atom is 0.414 e. The number of carbonyl (C=O) groups is 1. The van der Waals surface area contributed by atoms with Gasteiger partial charge in [0.25, 0.3) is 0 Å². The summed E-state index contributed by atoms with van der Waals surface area (Å²) in [5, 5.41) is 12.1. The zero-order chi connectivity index (χ0) is 18.3. The van der Waals surface area contributed by atoms with E-state index in [1.54, 1.807) is 4.90 Å². The van der Waals surface area contributed by atoms with Crippen molar-refractivity contribution in [2.45, 2.75) is 45.8 Å². The lowest BCUT2D eigenvalue weighted by atomic mass is 10.1. The topological polar surface area (TPSA) is 71.0 Å². The first-order valence-electron chi connectivity index (χ1n) is 8.93. The number of anilines is 1. The van der Waals surface area contributed by atoms with Gasteiger partial charge in [0, 0.05) is 19.7 Å². The average Bonchev–Trinajstić information content (AvgIpc) is 2.97. The fourth-order valence-corrected chi connectivity index (χ4v) is 2.87. The summed E-state index contributed by atoms with van der Waals surface area (Å²) in [7, 11) is 0. The third kappa shape index (κ3) is 5.99. The predicted octanol–water partition coefficient (Wildman–Crippen LogP) is 2.47. The summed E-state index contributed by atoms with van der Waals surface area (Å²) in [5.41, 5.74) is 2.79. The molecule has 0 aliphatic carbocycles. The molecule has 0 unspecified atom stereocenters. The summed E-state index contributed by atoms with van der Waals surface area (Å²) in [6, 6.07) is 6.17. The van der Waals surface area contributed by atoms with E-state index in [2.05, 4.69) is 17.4 Å². The molecule has 2 rings (SSSR count). The normalized spacial score (nSPS) is 13.8. The van der Waals surface area contributed by atoms with Crippen LogP contribution in [0, 0.1) is 0 Å². The van der Waals surface area contributed by atoms with E-state index in [0.29, 0.717) is 26.3 Å². The minimum atomic E-state index is -0.498. The maximum atomic E-state index is 12.5. The summed E-state index contributed by atoms with van der Waals surface area (Å²) in [5.74, 6) is 0. The number of nitrogens with one attached hydrogen (secondary N) is 1. The Bertz CT molecular complexity index is 569. The van der Waals surface area contributed by atoms with Gasteiger partial charge in [-0.1, -0.05) is 18.2 Å². The molecular formula is C19H30N2O4. The predicted molar refractivity (Wildman–Crippen MR) is 98.0 cm³/mol. The number of carbonyl (C=O) groups excluding carboxylic acids is 1. The van der Waals surface area contributed by atoms with Crippen molar-refractivity contribution in [2.24, 2.45) is 0 Å². The average molecular weight is 350 g/mol. The molecule has 1 aliphatic rings. The molecule has 0 saturated heterocycles. The van der Waals surface area contributed by atoms with Crippen molar-refractivity contribution in [3.8, 4) is 0 Å². The van der Waals surface area contributed by atoms with Crippen molar-refractivity contribution in [1.29, 1.82) is 0 Å². The zero-order valence-corrected chi connectivity index (χ0v) is 15.5. The number of fused-ring (bicyclic) bond motifs is 1. The molecule has 140 valence electrons. The van der Waals surface area contributed by atoms with Crippen LogP contribution in [-0.4, -0.2) is 49.7 Å². The smallest absolute Gasteiger partial charge is 0.414 e. The van der Waals surface area contributed by atoms with E-state index in [0.717, 1.165) is 30.6 Å². The summed E-state index contributed by atoms with van der Waals surface area (Å²) >= 11 is 0. The highest BCUT2D eigenvalue weighted by molar-refractivity contribution is 5.91. The SMILES string of the molecule is CC(C)(C)OC(=O)N1CCc2cccc(CNCCCOCCO)c21. The van der Waals surface area contributed by atoms with Gasteiger partial charge in [-0.25, -0.2) is 4.79 Å². The van der Waals surface area contributed by atoms with E-state index in [-0.39, 0.29) is 12.7 Å². The van der Waals surface area contributed by atoms with Gasteiger partial charge >= 0.3 is 6.09 Å². The van der Waals surface area contributed by atoms with Gasteiger partial charge in [0.1, 0.15) is 5.60 Å². The largest absolute Gasteiger partial charge is 0.443 e. The minimum Gasteiger partial charge on any atom is -0.443 e. The number of rotatable bonds is 8. The van der Waals surface area contributed by atoms with E-state index in [4.69, 9.17) is 14.6 Å². The van der Waals surface area contributed by atoms with E-state index in [1.165, 1.54) is 5.56 Å². The monoisotopic (exact) mass is 350 g/mol. The van der Waals surface area contributed by atoms with Crippen LogP contribution in [0.5, 0.6) is 0 Å². The van der Waals surface area contributed by atoms with Crippen LogP contribution in [0.2, 0.25) is 0 Å². The van der Waals surface area contributed by atoms with Gasteiger partial charge in [0.2, 0.25) is 0 Å². The van der Waals surface area contributed by atoms with Crippen LogP contribution in [-0.2, 0) is 22.4 Å². The first-order valence-corrected chi connectivity index (χ1v) is 8.93. The Morgan fingerprint density at radius 2 is 2.12 bits per heavy atom. The lowest BCUT2D eigenvalue weighted by Crippen LogP contribution is -2.36. The molecule has 0 fully saturated rings. The van der Waals surface area contributed by atoms with Gasteiger partial charge in [-0.15, -0.1) is 0 Å². The van der Waals surface area contributed by atoms with Gasteiger partial charge < -0.3 is 19.9 Å². The molecule has 1 amide bonds. The summed E-state index contributed by atoms with van der Waals surface area (Å²) in [6.07, 6.45) is 1.46. The number of amides is 1. The number of benzene rings is 1. The van der Waals surface area contributed by atoms with Gasteiger partial charge in [-0.2, -0.15) is 0 Å². The van der Waals surface area contributed by atoms with Crippen LogP contribution in [0.3, 0.4) is 0 Å². The van der Waals surface area contributed by atoms with Crippen molar-refractivity contribution in [1.82, 2.24) is 5.32 Å². The molecule has 1 aromatic carbocycles. The van der Waals surface area contributed by atoms with Crippen molar-refractivity contribution < 1.29 is 19.4 Å². The fraction of sp³-hybridized carbons (Fsp3) is 0.632. The summed E-state index contributed by atoms with van der Waals surface area (Å²) in [6.45, 7) is 8.91. The van der Waals surface area contributed by atoms with Crippen molar-refractivity contribution in [3.63, 3.8) is 0 Å². The quantitative estimate of drug-likeness (QED) is 0.705. The molecular weight excluding hydrogens is 320 g/mol. The molecule has 0 bridgehead atoms. The Balaban J connectivity index is 1.93. The van der Waals surface area contributed by atoms with Crippen LogP contribution in [0.4, 0.5) is 10.5 Å². The van der Waals surface area contributed by atoms with Crippen molar-refractivity contribution in [2.75, 3.05) is 37.8 Å². The Morgan fingerprint density at radius 1 is 1.32 bits per heavy atom. The van der Waals surface area contributed by atoms with Gasteiger partial charge in [0.05, 0.1) is 18.9 Å². The second kappa shape index (κ2) is 9.17. The highest BCUT2D eigenvalue weighted by Gasteiger charge is 2.30. The Labute approximate surface area is 150 Å². The van der Waals surface area contributed by atoms with Crippen molar-refractivity contribution >= 4 is 11.8 Å². The second-order valence-corrected chi connectivity index (χ2v) is 7.17. The molecule has 6 heteroatoms. The number of hydrogen-bond donors (Lipinski definition) is 2. The Hall–Kier alpha value is -1.63. The lowest BCUT2D eigenvalue weighted by molar-refractivity contribution is 0.0583. The highest BCUT2D eigenvalue weighted by Crippen LogP contribution is 2.33.